The largest absolute Gasteiger partial charge is 0.416 e. The van der Waals surface area contributed by atoms with Gasteiger partial charge in [-0.2, -0.15) is 13.2 Å². The lowest BCUT2D eigenvalue weighted by Gasteiger charge is -2.18. The molecule has 1 fully saturated rings. The van der Waals surface area contributed by atoms with Crippen LogP contribution in [0.5, 0.6) is 0 Å². The van der Waals surface area contributed by atoms with E-state index >= 15 is 0 Å². The Balaban J connectivity index is 2.10. The third kappa shape index (κ3) is 2.93. The predicted octanol–water partition coefficient (Wildman–Crippen LogP) is 2.31. The van der Waals surface area contributed by atoms with Gasteiger partial charge >= 0.3 is 6.18 Å². The van der Waals surface area contributed by atoms with E-state index in [1.807, 2.05) is 4.90 Å². The standard InChI is InChI=1S/C12H15F3N2O/c13-12(14,15)10-1-4-16-11(7-10)17-5-2-9(8-17)3-6-18/h1,4,7,9,18H,2-3,5-6,8H2. The topological polar surface area (TPSA) is 36.4 Å². The number of hydrogen-bond acceptors (Lipinski definition) is 3. The molecule has 2 rings (SSSR count). The summed E-state index contributed by atoms with van der Waals surface area (Å²) in [6.07, 6.45) is -1.56. The highest BCUT2D eigenvalue weighted by Gasteiger charge is 2.32. The van der Waals surface area contributed by atoms with Crippen molar-refractivity contribution >= 4 is 5.82 Å². The molecule has 0 amide bonds. The number of aromatic nitrogens is 1. The van der Waals surface area contributed by atoms with E-state index in [9.17, 15) is 13.2 Å². The Labute approximate surface area is 103 Å². The van der Waals surface area contributed by atoms with Crippen LogP contribution in [0.25, 0.3) is 0 Å². The number of rotatable bonds is 3. The molecule has 1 aromatic rings. The number of hydrogen-bond donors (Lipinski definition) is 1. The Kier molecular flexibility index (Phi) is 3.75. The van der Waals surface area contributed by atoms with Gasteiger partial charge in [0.2, 0.25) is 0 Å². The van der Waals surface area contributed by atoms with Crippen LogP contribution in [0, 0.1) is 5.92 Å². The third-order valence-electron chi connectivity index (χ3n) is 3.22. The minimum Gasteiger partial charge on any atom is -0.396 e. The molecule has 1 atom stereocenters. The zero-order valence-electron chi connectivity index (χ0n) is 9.82. The van der Waals surface area contributed by atoms with Crippen molar-refractivity contribution in [1.82, 2.24) is 4.98 Å². The number of halogens is 3. The molecular formula is C12H15F3N2O. The minimum absolute atomic E-state index is 0.120. The first-order chi connectivity index (χ1) is 8.50. The van der Waals surface area contributed by atoms with Gasteiger partial charge in [0, 0.05) is 25.9 Å². The average Bonchev–Trinajstić information content (AvgIpc) is 2.77. The molecule has 0 saturated carbocycles. The van der Waals surface area contributed by atoms with Crippen LogP contribution in [0.15, 0.2) is 18.3 Å². The Hall–Kier alpha value is -1.30. The predicted molar refractivity (Wildman–Crippen MR) is 61.3 cm³/mol. The van der Waals surface area contributed by atoms with Gasteiger partial charge in [-0.25, -0.2) is 4.98 Å². The summed E-state index contributed by atoms with van der Waals surface area (Å²) in [7, 11) is 0. The molecule has 18 heavy (non-hydrogen) atoms. The summed E-state index contributed by atoms with van der Waals surface area (Å²) in [5.41, 5.74) is -0.668. The zero-order valence-corrected chi connectivity index (χ0v) is 9.82. The van der Waals surface area contributed by atoms with Crippen molar-refractivity contribution in [3.63, 3.8) is 0 Å². The van der Waals surface area contributed by atoms with E-state index in [-0.39, 0.29) is 6.61 Å². The van der Waals surface area contributed by atoms with Crippen LogP contribution in [0.1, 0.15) is 18.4 Å². The molecule has 1 aromatic heterocycles. The van der Waals surface area contributed by atoms with E-state index in [1.165, 1.54) is 6.20 Å². The molecule has 6 heteroatoms. The number of aliphatic hydroxyl groups is 1. The fourth-order valence-corrected chi connectivity index (χ4v) is 2.23. The van der Waals surface area contributed by atoms with Crippen LogP contribution in [-0.4, -0.2) is 29.8 Å². The van der Waals surface area contributed by atoms with Gasteiger partial charge in [-0.3, -0.25) is 0 Å². The lowest BCUT2D eigenvalue weighted by Crippen LogP contribution is -2.21. The van der Waals surface area contributed by atoms with Crippen LogP contribution in [0.3, 0.4) is 0 Å². The lowest BCUT2D eigenvalue weighted by molar-refractivity contribution is -0.137. The Morgan fingerprint density at radius 2 is 2.22 bits per heavy atom. The van der Waals surface area contributed by atoms with Gasteiger partial charge in [0.25, 0.3) is 0 Å². The molecule has 100 valence electrons. The second-order valence-electron chi connectivity index (χ2n) is 4.51. The first kappa shape index (κ1) is 13.1. The van der Waals surface area contributed by atoms with E-state index in [4.69, 9.17) is 5.11 Å². The maximum Gasteiger partial charge on any atom is 0.416 e. The van der Waals surface area contributed by atoms with E-state index in [1.54, 1.807) is 0 Å². The van der Waals surface area contributed by atoms with Crippen LogP contribution in [0.4, 0.5) is 19.0 Å². The Bertz CT molecular complexity index is 409. The molecule has 2 heterocycles. The zero-order chi connectivity index (χ0) is 13.2. The normalized spacial score (nSPS) is 20.4. The molecule has 0 radical (unpaired) electrons. The van der Waals surface area contributed by atoms with Crippen LogP contribution in [-0.2, 0) is 6.18 Å². The Morgan fingerprint density at radius 3 is 2.89 bits per heavy atom. The summed E-state index contributed by atoms with van der Waals surface area (Å²) in [5, 5.41) is 8.85. The fraction of sp³-hybridized carbons (Fsp3) is 0.583. The quantitative estimate of drug-likeness (QED) is 0.906. The lowest BCUT2D eigenvalue weighted by atomic mass is 10.1. The molecule has 3 nitrogen and oxygen atoms in total. The van der Waals surface area contributed by atoms with Gasteiger partial charge in [0.1, 0.15) is 5.82 Å². The highest BCUT2D eigenvalue weighted by atomic mass is 19.4. The number of nitrogens with zero attached hydrogens (tertiary/aromatic N) is 2. The van der Waals surface area contributed by atoms with Gasteiger partial charge in [-0.1, -0.05) is 0 Å². The number of pyridine rings is 1. The molecule has 0 aromatic carbocycles. The number of aliphatic hydroxyl groups excluding tert-OH is 1. The van der Waals surface area contributed by atoms with Crippen LogP contribution in [0.2, 0.25) is 0 Å². The third-order valence-corrected chi connectivity index (χ3v) is 3.22. The van der Waals surface area contributed by atoms with Gasteiger partial charge in [-0.15, -0.1) is 0 Å². The molecule has 0 bridgehead atoms. The van der Waals surface area contributed by atoms with E-state index in [0.29, 0.717) is 31.2 Å². The molecule has 1 aliphatic heterocycles. The maximum absolute atomic E-state index is 12.6. The summed E-state index contributed by atoms with van der Waals surface area (Å²) in [6.45, 7) is 1.47. The molecule has 0 aliphatic carbocycles. The fourth-order valence-electron chi connectivity index (χ4n) is 2.23. The van der Waals surface area contributed by atoms with Crippen LogP contribution >= 0.6 is 0 Å². The van der Waals surface area contributed by atoms with Crippen molar-refractivity contribution in [1.29, 1.82) is 0 Å². The molecule has 1 N–H and O–H groups in total. The molecule has 1 unspecified atom stereocenters. The van der Waals surface area contributed by atoms with Crippen molar-refractivity contribution in [2.45, 2.75) is 19.0 Å². The summed E-state index contributed by atoms with van der Waals surface area (Å²) < 4.78 is 37.7. The summed E-state index contributed by atoms with van der Waals surface area (Å²) in [4.78, 5) is 5.84. The maximum atomic E-state index is 12.6. The van der Waals surface area contributed by atoms with Crippen molar-refractivity contribution < 1.29 is 18.3 Å². The van der Waals surface area contributed by atoms with Gasteiger partial charge in [0.05, 0.1) is 5.56 Å². The first-order valence-corrected chi connectivity index (χ1v) is 5.90. The second-order valence-corrected chi connectivity index (χ2v) is 4.51. The Morgan fingerprint density at radius 1 is 1.44 bits per heavy atom. The van der Waals surface area contributed by atoms with Crippen molar-refractivity contribution in [2.75, 3.05) is 24.6 Å². The SMILES string of the molecule is OCCC1CCN(c2cc(C(F)(F)F)ccn2)C1. The molecule has 0 spiro atoms. The van der Waals surface area contributed by atoms with E-state index in [2.05, 4.69) is 4.98 Å². The van der Waals surface area contributed by atoms with Crippen molar-refractivity contribution in [3.05, 3.63) is 23.9 Å². The number of anilines is 1. The van der Waals surface area contributed by atoms with Gasteiger partial charge in [-0.05, 0) is 30.9 Å². The average molecular weight is 260 g/mol. The second kappa shape index (κ2) is 5.14. The molecule has 1 aliphatic rings. The minimum atomic E-state index is -4.33. The smallest absolute Gasteiger partial charge is 0.396 e. The van der Waals surface area contributed by atoms with Gasteiger partial charge in [0.15, 0.2) is 0 Å². The van der Waals surface area contributed by atoms with E-state index in [0.717, 1.165) is 18.6 Å². The molecule has 1 saturated heterocycles. The van der Waals surface area contributed by atoms with E-state index < -0.39 is 11.7 Å². The highest BCUT2D eigenvalue weighted by molar-refractivity contribution is 5.42. The van der Waals surface area contributed by atoms with Gasteiger partial charge < -0.3 is 10.0 Å². The summed E-state index contributed by atoms with van der Waals surface area (Å²) >= 11 is 0. The molecular weight excluding hydrogens is 245 g/mol. The van der Waals surface area contributed by atoms with Crippen LogP contribution < -0.4 is 4.90 Å². The van der Waals surface area contributed by atoms with Crippen molar-refractivity contribution in [3.8, 4) is 0 Å². The highest BCUT2D eigenvalue weighted by Crippen LogP contribution is 2.32. The van der Waals surface area contributed by atoms with Crippen molar-refractivity contribution in [2.24, 2.45) is 5.92 Å². The number of alkyl halides is 3. The summed E-state index contributed by atoms with van der Waals surface area (Å²) in [5.74, 6) is 0.705. The monoisotopic (exact) mass is 260 g/mol. The summed E-state index contributed by atoms with van der Waals surface area (Å²) in [6, 6.07) is 2.06. The first-order valence-electron chi connectivity index (χ1n) is 5.90.